The molecule has 0 saturated heterocycles. The van der Waals surface area contributed by atoms with Crippen molar-refractivity contribution in [3.63, 3.8) is 0 Å². The van der Waals surface area contributed by atoms with Crippen molar-refractivity contribution in [2.45, 2.75) is 19.3 Å². The highest BCUT2D eigenvalue weighted by Crippen LogP contribution is 2.52. The summed E-state index contributed by atoms with van der Waals surface area (Å²) in [7, 11) is 0. The molecule has 0 amide bonds. The molecule has 57 heavy (non-hydrogen) atoms. The summed E-state index contributed by atoms with van der Waals surface area (Å²) in [5.74, 6) is 0. The Labute approximate surface area is 330 Å². The number of fused-ring (bicyclic) bond motifs is 10. The van der Waals surface area contributed by atoms with Gasteiger partial charge in [0.25, 0.3) is 0 Å². The van der Waals surface area contributed by atoms with Crippen LogP contribution in [0.4, 0.5) is 17.1 Å². The molecular weight excluding hydrogens is 695 g/mol. The zero-order chi connectivity index (χ0) is 37.8. The molecule has 0 bridgehead atoms. The molecule has 4 heteroatoms. The van der Waals surface area contributed by atoms with E-state index in [9.17, 15) is 0 Å². The molecule has 0 radical (unpaired) electrons. The molecular formula is C53H37N3O. The van der Waals surface area contributed by atoms with Crippen molar-refractivity contribution in [2.24, 2.45) is 0 Å². The normalized spacial score (nSPS) is 13.5. The number of furan rings is 1. The summed E-state index contributed by atoms with van der Waals surface area (Å²) in [5, 5.41) is 5.94. The number of aromatic nitrogens is 2. The first kappa shape index (κ1) is 32.0. The lowest BCUT2D eigenvalue weighted by atomic mass is 9.73. The Bertz CT molecular complexity index is 3330. The molecule has 0 fully saturated rings. The van der Waals surface area contributed by atoms with Gasteiger partial charge in [0.05, 0.1) is 33.3 Å². The minimum Gasteiger partial charge on any atom is -0.439 e. The summed E-state index contributed by atoms with van der Waals surface area (Å²) in [6.07, 6.45) is 0. The predicted molar refractivity (Wildman–Crippen MR) is 237 cm³/mol. The standard InChI is InChI=1S/C53H37N3O/c1-53(2)43-18-8-12-22-48(43)55(49-23-13-9-19-44(49)53)38-29-31-47-42(33-38)39-16-6-10-20-45(39)54(47)37-27-24-34(25-28-37)35-26-30-41-50(32-35)57-52-51(41)40-17-7-11-21-46(40)56(52)36-14-4-3-5-15-36/h3-33H,1-2H3. The Balaban J connectivity index is 0.958. The smallest absolute Gasteiger partial charge is 0.213 e. The van der Waals surface area contributed by atoms with Gasteiger partial charge in [0.15, 0.2) is 0 Å². The second kappa shape index (κ2) is 11.8. The van der Waals surface area contributed by atoms with Crippen molar-refractivity contribution in [2.75, 3.05) is 4.90 Å². The van der Waals surface area contributed by atoms with E-state index in [1.54, 1.807) is 0 Å². The fourth-order valence-electron chi connectivity index (χ4n) is 9.63. The summed E-state index contributed by atoms with van der Waals surface area (Å²) in [4.78, 5) is 2.44. The number of hydrogen-bond donors (Lipinski definition) is 0. The van der Waals surface area contributed by atoms with Crippen LogP contribution < -0.4 is 4.90 Å². The number of hydrogen-bond acceptors (Lipinski definition) is 2. The molecule has 12 rings (SSSR count). The van der Waals surface area contributed by atoms with E-state index in [4.69, 9.17) is 4.42 Å². The van der Waals surface area contributed by atoms with Gasteiger partial charge in [0.2, 0.25) is 5.71 Å². The van der Waals surface area contributed by atoms with Crippen LogP contribution in [-0.2, 0) is 5.41 Å². The van der Waals surface area contributed by atoms with Gasteiger partial charge in [-0.05, 0) is 101 Å². The van der Waals surface area contributed by atoms with Crippen LogP contribution >= 0.6 is 0 Å². The third-order valence-corrected chi connectivity index (χ3v) is 12.3. The van der Waals surface area contributed by atoms with Gasteiger partial charge in [-0.15, -0.1) is 0 Å². The summed E-state index contributed by atoms with van der Waals surface area (Å²) in [6.45, 7) is 4.67. The molecule has 0 atom stereocenters. The van der Waals surface area contributed by atoms with Gasteiger partial charge in [0.1, 0.15) is 5.58 Å². The quantitative estimate of drug-likeness (QED) is 0.180. The first-order valence-corrected chi connectivity index (χ1v) is 19.7. The first-order chi connectivity index (χ1) is 28.0. The van der Waals surface area contributed by atoms with E-state index in [0.717, 1.165) is 55.8 Å². The highest BCUT2D eigenvalue weighted by molar-refractivity contribution is 6.20. The molecule has 0 unspecified atom stereocenters. The molecule has 270 valence electrons. The largest absolute Gasteiger partial charge is 0.439 e. The second-order valence-corrected chi connectivity index (χ2v) is 15.8. The first-order valence-electron chi connectivity index (χ1n) is 19.7. The summed E-state index contributed by atoms with van der Waals surface area (Å²) in [5.41, 5.74) is 15.9. The van der Waals surface area contributed by atoms with E-state index in [1.807, 2.05) is 0 Å². The Morgan fingerprint density at radius 1 is 0.404 bits per heavy atom. The monoisotopic (exact) mass is 731 g/mol. The van der Waals surface area contributed by atoms with Crippen LogP contribution in [0, 0.1) is 0 Å². The van der Waals surface area contributed by atoms with E-state index in [0.29, 0.717) is 0 Å². The SMILES string of the molecule is CC1(C)c2ccccc2N(c2ccc3c(c2)c2ccccc2n3-c2ccc(-c3ccc4c(c3)oc3c4c4ccccc4n3-c3ccccc3)cc2)c2ccccc21. The molecule has 4 nitrogen and oxygen atoms in total. The number of anilines is 3. The topological polar surface area (TPSA) is 26.2 Å². The van der Waals surface area contributed by atoms with E-state index in [1.165, 1.54) is 49.7 Å². The maximum atomic E-state index is 6.72. The Morgan fingerprint density at radius 2 is 0.965 bits per heavy atom. The van der Waals surface area contributed by atoms with Gasteiger partial charge >= 0.3 is 0 Å². The lowest BCUT2D eigenvalue weighted by molar-refractivity contribution is 0.632. The lowest BCUT2D eigenvalue weighted by Gasteiger charge is -2.42. The minimum absolute atomic E-state index is 0.102. The van der Waals surface area contributed by atoms with Gasteiger partial charge in [-0.2, -0.15) is 0 Å². The van der Waals surface area contributed by atoms with Crippen LogP contribution in [-0.4, -0.2) is 9.13 Å². The molecule has 11 aromatic rings. The number of nitrogens with zero attached hydrogens (tertiary/aromatic N) is 3. The van der Waals surface area contributed by atoms with Crippen molar-refractivity contribution in [3.8, 4) is 22.5 Å². The van der Waals surface area contributed by atoms with Crippen molar-refractivity contribution in [1.29, 1.82) is 0 Å². The van der Waals surface area contributed by atoms with Gasteiger partial charge < -0.3 is 13.9 Å². The average Bonchev–Trinajstić information content (AvgIpc) is 3.90. The van der Waals surface area contributed by atoms with Crippen molar-refractivity contribution in [3.05, 3.63) is 199 Å². The number of benzene rings is 8. The fraction of sp³-hybridized carbons (Fsp3) is 0.0566. The van der Waals surface area contributed by atoms with Crippen molar-refractivity contribution < 1.29 is 4.42 Å². The number of rotatable bonds is 4. The van der Waals surface area contributed by atoms with E-state index < -0.39 is 0 Å². The zero-order valence-corrected chi connectivity index (χ0v) is 31.6. The van der Waals surface area contributed by atoms with Crippen LogP contribution in [0.3, 0.4) is 0 Å². The van der Waals surface area contributed by atoms with Crippen molar-refractivity contribution in [1.82, 2.24) is 9.13 Å². The number of para-hydroxylation sites is 5. The Kier molecular flexibility index (Phi) is 6.65. The highest BCUT2D eigenvalue weighted by atomic mass is 16.3. The van der Waals surface area contributed by atoms with Gasteiger partial charge in [-0.1, -0.05) is 123 Å². The second-order valence-electron chi connectivity index (χ2n) is 15.8. The summed E-state index contributed by atoms with van der Waals surface area (Å²) < 4.78 is 11.4. The summed E-state index contributed by atoms with van der Waals surface area (Å²) in [6, 6.07) is 68.1. The molecule has 4 heterocycles. The Morgan fingerprint density at radius 3 is 1.70 bits per heavy atom. The van der Waals surface area contributed by atoms with Crippen LogP contribution in [0.1, 0.15) is 25.0 Å². The Hall–Kier alpha value is -7.30. The highest BCUT2D eigenvalue weighted by Gasteiger charge is 2.36. The van der Waals surface area contributed by atoms with Crippen LogP contribution in [0.2, 0.25) is 0 Å². The van der Waals surface area contributed by atoms with Crippen molar-refractivity contribution >= 4 is 71.8 Å². The molecule has 1 aliphatic heterocycles. The minimum atomic E-state index is -0.102. The maximum absolute atomic E-state index is 6.72. The fourth-order valence-corrected chi connectivity index (χ4v) is 9.63. The predicted octanol–water partition coefficient (Wildman–Crippen LogP) is 14.4. The zero-order valence-electron chi connectivity index (χ0n) is 31.6. The molecule has 0 N–H and O–H groups in total. The molecule has 0 saturated carbocycles. The third kappa shape index (κ3) is 4.55. The van der Waals surface area contributed by atoms with E-state index in [2.05, 4.69) is 216 Å². The summed E-state index contributed by atoms with van der Waals surface area (Å²) >= 11 is 0. The maximum Gasteiger partial charge on any atom is 0.213 e. The van der Waals surface area contributed by atoms with Crippen LogP contribution in [0.5, 0.6) is 0 Å². The van der Waals surface area contributed by atoms with E-state index in [-0.39, 0.29) is 5.41 Å². The molecule has 0 aliphatic carbocycles. The molecule has 3 aromatic heterocycles. The van der Waals surface area contributed by atoms with Gasteiger partial charge in [-0.25, -0.2) is 0 Å². The van der Waals surface area contributed by atoms with Crippen LogP contribution in [0.15, 0.2) is 192 Å². The van der Waals surface area contributed by atoms with Crippen LogP contribution in [0.25, 0.3) is 77.3 Å². The molecule has 1 aliphatic rings. The van der Waals surface area contributed by atoms with Gasteiger partial charge in [-0.3, -0.25) is 4.57 Å². The average molecular weight is 732 g/mol. The van der Waals surface area contributed by atoms with E-state index >= 15 is 0 Å². The molecule has 8 aromatic carbocycles. The molecule has 0 spiro atoms. The van der Waals surface area contributed by atoms with Gasteiger partial charge in [0, 0.05) is 44.0 Å². The lowest BCUT2D eigenvalue weighted by Crippen LogP contribution is -2.30. The third-order valence-electron chi connectivity index (χ3n) is 12.3.